The normalized spacial score (nSPS) is 12.6. The van der Waals surface area contributed by atoms with Crippen LogP contribution in [0.3, 0.4) is 0 Å². The third-order valence-electron chi connectivity index (χ3n) is 6.47. The molecule has 0 fully saturated rings. The third kappa shape index (κ3) is 5.38. The van der Waals surface area contributed by atoms with Gasteiger partial charge in [-0.25, -0.2) is 9.18 Å². The highest BCUT2D eigenvalue weighted by Gasteiger charge is 2.24. The summed E-state index contributed by atoms with van der Waals surface area (Å²) < 4.78 is 19.5. The summed E-state index contributed by atoms with van der Waals surface area (Å²) in [6.45, 7) is 3.94. The Morgan fingerprint density at radius 2 is 1.72 bits per heavy atom. The van der Waals surface area contributed by atoms with Crippen LogP contribution in [0.15, 0.2) is 90.2 Å². The number of benzene rings is 3. The zero-order valence-electron chi connectivity index (χ0n) is 20.4. The summed E-state index contributed by atoms with van der Waals surface area (Å²) in [7, 11) is 1.26. The van der Waals surface area contributed by atoms with E-state index in [4.69, 9.17) is 0 Å². The van der Waals surface area contributed by atoms with Crippen molar-refractivity contribution in [1.29, 1.82) is 0 Å². The number of methoxy groups -OCH3 is 1. The highest BCUT2D eigenvalue weighted by atomic mass is 19.1. The molecule has 6 heteroatoms. The first kappa shape index (κ1) is 24.9. The molecule has 182 valence electrons. The van der Waals surface area contributed by atoms with Crippen molar-refractivity contribution in [2.75, 3.05) is 7.11 Å². The second kappa shape index (κ2) is 11.0. The first-order valence-electron chi connectivity index (χ1n) is 11.7. The van der Waals surface area contributed by atoms with Gasteiger partial charge in [0.05, 0.1) is 12.7 Å². The maximum absolute atomic E-state index is 14.8. The molecule has 0 bridgehead atoms. The van der Waals surface area contributed by atoms with Gasteiger partial charge in [0, 0.05) is 23.4 Å². The van der Waals surface area contributed by atoms with Crippen molar-refractivity contribution < 1.29 is 13.9 Å². The highest BCUT2D eigenvalue weighted by Crippen LogP contribution is 2.38. The van der Waals surface area contributed by atoms with Gasteiger partial charge < -0.3 is 4.74 Å². The van der Waals surface area contributed by atoms with Crippen LogP contribution in [0, 0.1) is 24.6 Å². The predicted octanol–water partition coefficient (Wildman–Crippen LogP) is 7.32. The highest BCUT2D eigenvalue weighted by molar-refractivity contribution is 5.90. The van der Waals surface area contributed by atoms with E-state index < -0.39 is 17.8 Å². The van der Waals surface area contributed by atoms with E-state index in [1.807, 2.05) is 55.5 Å². The summed E-state index contributed by atoms with van der Waals surface area (Å²) in [6, 6.07) is 23.2. The Morgan fingerprint density at radius 1 is 0.972 bits per heavy atom. The van der Waals surface area contributed by atoms with Crippen LogP contribution in [-0.2, 0) is 4.74 Å². The van der Waals surface area contributed by atoms with Crippen LogP contribution in [0.2, 0.25) is 0 Å². The first-order chi connectivity index (χ1) is 17.4. The number of ether oxygens (including phenoxy) is 1. The van der Waals surface area contributed by atoms with Crippen molar-refractivity contribution in [3.8, 4) is 11.1 Å². The number of pyridine rings is 1. The Kier molecular flexibility index (Phi) is 7.64. The van der Waals surface area contributed by atoms with E-state index >= 15 is 0 Å². The third-order valence-corrected chi connectivity index (χ3v) is 6.47. The average molecular weight is 483 g/mol. The number of halogens is 1. The molecule has 0 aliphatic heterocycles. The van der Waals surface area contributed by atoms with Crippen LogP contribution in [0.5, 0.6) is 0 Å². The van der Waals surface area contributed by atoms with Gasteiger partial charge in [0.25, 0.3) is 0 Å². The maximum Gasteiger partial charge on any atom is 0.337 e. The molecule has 0 amide bonds. The molecule has 5 nitrogen and oxygen atoms in total. The van der Waals surface area contributed by atoms with Crippen molar-refractivity contribution in [2.45, 2.75) is 32.2 Å². The molecule has 4 rings (SSSR count). The number of aromatic nitrogens is 1. The first-order valence-corrected chi connectivity index (χ1v) is 11.7. The molecule has 0 N–H and O–H groups in total. The van der Waals surface area contributed by atoms with E-state index in [9.17, 15) is 14.1 Å². The Bertz CT molecular complexity index is 1390. The number of aryl methyl sites for hydroxylation is 2. The van der Waals surface area contributed by atoms with Crippen LogP contribution < -0.4 is 0 Å². The van der Waals surface area contributed by atoms with Gasteiger partial charge in [-0.1, -0.05) is 59.8 Å². The maximum atomic E-state index is 14.8. The van der Waals surface area contributed by atoms with E-state index in [1.54, 1.807) is 18.3 Å². The molecule has 4 aromatic rings. The number of rotatable bonds is 8. The van der Waals surface area contributed by atoms with E-state index in [1.165, 1.54) is 13.2 Å². The molecule has 0 saturated carbocycles. The fraction of sp³-hybridized carbons (Fsp3) is 0.200. The molecule has 0 spiro atoms. The molecule has 0 saturated heterocycles. The van der Waals surface area contributed by atoms with E-state index in [2.05, 4.69) is 34.0 Å². The van der Waals surface area contributed by atoms with Crippen LogP contribution >= 0.6 is 0 Å². The monoisotopic (exact) mass is 482 g/mol. The SMILES string of the molecule is COC(=O)c1ccc(-c2ccc(C(CC(N=O)c3ccnc(C)c3)c3ccccc3C)cc2)c(F)c1. The van der Waals surface area contributed by atoms with E-state index in [0.29, 0.717) is 17.5 Å². The number of nitroso groups, excluding NO2 is 1. The van der Waals surface area contributed by atoms with Crippen molar-refractivity contribution in [1.82, 2.24) is 4.98 Å². The fourth-order valence-electron chi connectivity index (χ4n) is 4.55. The number of carbonyl (C=O) groups is 1. The Balaban J connectivity index is 1.69. The van der Waals surface area contributed by atoms with E-state index in [-0.39, 0.29) is 11.5 Å². The standard InChI is InChI=1S/C30H27FN2O3/c1-19-6-4-5-7-25(19)27(18-29(33-35)23-14-15-32-20(2)16-23)22-10-8-21(9-11-22)26-13-12-24(17-28(26)31)30(34)36-3/h4-17,27,29H,18H2,1-3H3. The van der Waals surface area contributed by atoms with Gasteiger partial charge in [-0.3, -0.25) is 4.98 Å². The van der Waals surface area contributed by atoms with Gasteiger partial charge in [0.15, 0.2) is 0 Å². The smallest absolute Gasteiger partial charge is 0.337 e. The molecular formula is C30H27FN2O3. The summed E-state index contributed by atoms with van der Waals surface area (Å²) in [6.07, 6.45) is 2.18. The van der Waals surface area contributed by atoms with Crippen molar-refractivity contribution >= 4 is 5.97 Å². The molecule has 0 radical (unpaired) electrons. The summed E-state index contributed by atoms with van der Waals surface area (Å²) in [4.78, 5) is 27.9. The zero-order valence-corrected chi connectivity index (χ0v) is 20.4. The zero-order chi connectivity index (χ0) is 25.7. The van der Waals surface area contributed by atoms with Gasteiger partial charge in [-0.2, -0.15) is 4.91 Å². The molecule has 1 heterocycles. The Labute approximate surface area is 210 Å². The topological polar surface area (TPSA) is 68.6 Å². The largest absolute Gasteiger partial charge is 0.465 e. The number of nitrogens with zero attached hydrogens (tertiary/aromatic N) is 2. The van der Waals surface area contributed by atoms with Crippen molar-refractivity contribution in [2.24, 2.45) is 5.18 Å². The summed E-state index contributed by atoms with van der Waals surface area (Å²) in [5, 5.41) is 3.46. The van der Waals surface area contributed by atoms with Crippen LogP contribution in [0.1, 0.15) is 56.7 Å². The van der Waals surface area contributed by atoms with Gasteiger partial charge in [-0.15, -0.1) is 0 Å². The second-order valence-electron chi connectivity index (χ2n) is 8.80. The Hall–Kier alpha value is -4.19. The minimum atomic E-state index is -0.584. The van der Waals surface area contributed by atoms with Crippen LogP contribution in [0.25, 0.3) is 11.1 Å². The lowest BCUT2D eigenvalue weighted by Crippen LogP contribution is -2.09. The number of hydrogen-bond donors (Lipinski definition) is 0. The lowest BCUT2D eigenvalue weighted by molar-refractivity contribution is 0.0600. The van der Waals surface area contributed by atoms with Gasteiger partial charge in [-0.05, 0) is 72.4 Å². The quantitative estimate of drug-likeness (QED) is 0.195. The molecular weight excluding hydrogens is 455 g/mol. The van der Waals surface area contributed by atoms with Gasteiger partial charge in [0.1, 0.15) is 11.9 Å². The number of hydrogen-bond acceptors (Lipinski definition) is 5. The molecule has 36 heavy (non-hydrogen) atoms. The minimum absolute atomic E-state index is 0.0945. The molecule has 0 aliphatic carbocycles. The van der Waals surface area contributed by atoms with Gasteiger partial charge in [0.2, 0.25) is 0 Å². The van der Waals surface area contributed by atoms with Crippen LogP contribution in [-0.4, -0.2) is 18.1 Å². The molecule has 2 unspecified atom stereocenters. The molecule has 1 aromatic heterocycles. The predicted molar refractivity (Wildman–Crippen MR) is 138 cm³/mol. The molecule has 2 atom stereocenters. The number of carbonyl (C=O) groups excluding carboxylic acids is 1. The Morgan fingerprint density at radius 3 is 2.36 bits per heavy atom. The lowest BCUT2D eigenvalue weighted by atomic mass is 9.82. The number of esters is 1. The molecule has 0 aliphatic rings. The second-order valence-corrected chi connectivity index (χ2v) is 8.80. The van der Waals surface area contributed by atoms with E-state index in [0.717, 1.165) is 27.9 Å². The minimum Gasteiger partial charge on any atom is -0.465 e. The van der Waals surface area contributed by atoms with Crippen LogP contribution in [0.4, 0.5) is 4.39 Å². The summed E-state index contributed by atoms with van der Waals surface area (Å²) >= 11 is 0. The summed E-state index contributed by atoms with van der Waals surface area (Å²) in [5.74, 6) is -1.18. The summed E-state index contributed by atoms with van der Waals surface area (Å²) in [5.41, 5.74) is 6.13. The van der Waals surface area contributed by atoms with Gasteiger partial charge >= 0.3 is 5.97 Å². The average Bonchev–Trinajstić information content (AvgIpc) is 2.90. The van der Waals surface area contributed by atoms with Crippen molar-refractivity contribution in [3.63, 3.8) is 0 Å². The fourth-order valence-corrected chi connectivity index (χ4v) is 4.55. The molecule has 3 aromatic carbocycles. The van der Waals surface area contributed by atoms with Crippen molar-refractivity contribution in [3.05, 3.63) is 129 Å². The lowest BCUT2D eigenvalue weighted by Gasteiger charge is -2.23.